The van der Waals surface area contributed by atoms with E-state index in [1.165, 1.54) is 0 Å². The van der Waals surface area contributed by atoms with E-state index in [-0.39, 0.29) is 12.1 Å². The van der Waals surface area contributed by atoms with Crippen LogP contribution in [0.1, 0.15) is 22.5 Å². The molecule has 1 N–H and O–H groups in total. The van der Waals surface area contributed by atoms with Gasteiger partial charge in [-0.2, -0.15) is 0 Å². The lowest BCUT2D eigenvalue weighted by molar-refractivity contribution is 0.0326. The summed E-state index contributed by atoms with van der Waals surface area (Å²) >= 11 is 0. The maximum Gasteiger partial charge on any atom is 0.340 e. The highest BCUT2D eigenvalue weighted by atomic mass is 16.5. The predicted molar refractivity (Wildman–Crippen MR) is 142 cm³/mol. The third kappa shape index (κ3) is 4.71. The third-order valence-corrected chi connectivity index (χ3v) is 6.67. The lowest BCUT2D eigenvalue weighted by Crippen LogP contribution is -2.22. The first-order valence-corrected chi connectivity index (χ1v) is 12.3. The molecule has 8 nitrogen and oxygen atoms in total. The van der Waals surface area contributed by atoms with Crippen LogP contribution in [0.15, 0.2) is 73.4 Å². The van der Waals surface area contributed by atoms with E-state index in [0.29, 0.717) is 5.56 Å². The summed E-state index contributed by atoms with van der Waals surface area (Å²) < 4.78 is 5.69. The number of rotatable bonds is 5. The highest BCUT2D eigenvalue weighted by Crippen LogP contribution is 2.31. The number of nitrogens with zero attached hydrogens (tertiary/aromatic N) is 5. The zero-order valence-electron chi connectivity index (χ0n) is 20.7. The number of aromatic amines is 1. The molecule has 1 saturated heterocycles. The minimum absolute atomic E-state index is 0.0798. The molecular weight excluding hydrogens is 464 g/mol. The van der Waals surface area contributed by atoms with Gasteiger partial charge in [0.05, 0.1) is 34.5 Å². The first-order chi connectivity index (χ1) is 18.0. The molecule has 0 amide bonds. The molecule has 37 heavy (non-hydrogen) atoms. The number of H-pyrrole nitrogens is 1. The molecule has 1 aromatic carbocycles. The van der Waals surface area contributed by atoms with E-state index in [9.17, 15) is 4.79 Å². The van der Waals surface area contributed by atoms with Crippen LogP contribution in [0.3, 0.4) is 0 Å². The molecule has 0 radical (unpaired) electrons. The van der Waals surface area contributed by atoms with Gasteiger partial charge in [0.1, 0.15) is 6.10 Å². The van der Waals surface area contributed by atoms with Crippen LogP contribution in [-0.2, 0) is 4.74 Å². The Kier molecular flexibility index (Phi) is 5.94. The van der Waals surface area contributed by atoms with Crippen molar-refractivity contribution in [3.8, 4) is 33.8 Å². The van der Waals surface area contributed by atoms with E-state index in [0.717, 1.165) is 69.9 Å². The molecule has 5 aromatic rings. The van der Waals surface area contributed by atoms with Gasteiger partial charge >= 0.3 is 5.97 Å². The van der Waals surface area contributed by atoms with Gasteiger partial charge < -0.3 is 14.6 Å². The number of likely N-dealkylation sites (N-methyl/N-ethyl adjacent to an activating group) is 1. The number of hydrogen-bond acceptors (Lipinski definition) is 7. The Hall–Kier alpha value is -4.43. The number of aryl methyl sites for hydroxylation is 1. The van der Waals surface area contributed by atoms with Crippen LogP contribution in [-0.4, -0.2) is 62.0 Å². The van der Waals surface area contributed by atoms with Crippen molar-refractivity contribution in [2.75, 3.05) is 20.1 Å². The van der Waals surface area contributed by atoms with Gasteiger partial charge in [0.25, 0.3) is 0 Å². The van der Waals surface area contributed by atoms with Crippen molar-refractivity contribution in [1.29, 1.82) is 0 Å². The van der Waals surface area contributed by atoms with Crippen LogP contribution in [0.2, 0.25) is 0 Å². The van der Waals surface area contributed by atoms with Gasteiger partial charge in [0, 0.05) is 59.5 Å². The van der Waals surface area contributed by atoms with Gasteiger partial charge in [0.2, 0.25) is 0 Å². The van der Waals surface area contributed by atoms with E-state index >= 15 is 0 Å². The minimum Gasteiger partial charge on any atom is -0.457 e. The molecule has 1 aliphatic heterocycles. The Bertz CT molecular complexity index is 1610. The Morgan fingerprint density at radius 1 is 1.03 bits per heavy atom. The maximum absolute atomic E-state index is 12.7. The summed E-state index contributed by atoms with van der Waals surface area (Å²) in [5, 5.41) is 0.961. The smallest absolute Gasteiger partial charge is 0.340 e. The molecule has 6 rings (SSSR count). The summed E-state index contributed by atoms with van der Waals surface area (Å²) in [7, 11) is 2.03. The van der Waals surface area contributed by atoms with Crippen molar-refractivity contribution in [3.05, 3.63) is 84.7 Å². The molecule has 5 heterocycles. The first-order valence-electron chi connectivity index (χ1n) is 12.3. The molecule has 0 saturated carbocycles. The number of pyridine rings is 3. The monoisotopic (exact) mass is 490 g/mol. The largest absolute Gasteiger partial charge is 0.457 e. The van der Waals surface area contributed by atoms with Gasteiger partial charge in [0.15, 0.2) is 0 Å². The van der Waals surface area contributed by atoms with E-state index in [2.05, 4.69) is 42.0 Å². The number of nitrogens with one attached hydrogen (secondary N) is 1. The lowest BCUT2D eigenvalue weighted by Gasteiger charge is -2.12. The molecule has 8 heteroatoms. The van der Waals surface area contributed by atoms with Gasteiger partial charge in [-0.05, 0) is 56.8 Å². The molecular formula is C29H26N6O2. The fourth-order valence-corrected chi connectivity index (χ4v) is 4.75. The number of fused-ring (bicyclic) bond motifs is 1. The van der Waals surface area contributed by atoms with E-state index in [1.807, 2.05) is 50.4 Å². The fourth-order valence-electron chi connectivity index (χ4n) is 4.75. The molecule has 1 atom stereocenters. The second-order valence-electron chi connectivity index (χ2n) is 9.46. The molecule has 4 aromatic heterocycles. The molecule has 184 valence electrons. The van der Waals surface area contributed by atoms with Crippen molar-refractivity contribution in [1.82, 2.24) is 29.8 Å². The summed E-state index contributed by atoms with van der Waals surface area (Å²) in [5.41, 5.74) is 7.43. The Balaban J connectivity index is 1.31. The van der Waals surface area contributed by atoms with E-state index < -0.39 is 0 Å². The predicted octanol–water partition coefficient (Wildman–Crippen LogP) is 4.92. The van der Waals surface area contributed by atoms with E-state index in [1.54, 1.807) is 24.9 Å². The zero-order chi connectivity index (χ0) is 25.4. The van der Waals surface area contributed by atoms with Gasteiger partial charge in [-0.15, -0.1) is 0 Å². The Morgan fingerprint density at radius 2 is 1.89 bits per heavy atom. The summed E-state index contributed by atoms with van der Waals surface area (Å²) in [6.45, 7) is 3.66. The standard InChI is InChI=1S/C29H26N6O2/c1-18-4-3-5-26(34-18)28-27(32-17-33-28)19-6-7-25-20(10-19)11-22(15-31-25)21-12-23(14-30-13-21)29(36)37-24-8-9-35(2)16-24/h3-7,10-15,17,24H,8-9,16H2,1-2H3,(H,32,33)/t24-/m1/s1. The fraction of sp³-hybridized carbons (Fsp3) is 0.207. The number of imidazole rings is 1. The van der Waals surface area contributed by atoms with Crippen LogP contribution < -0.4 is 0 Å². The number of carbonyl (C=O) groups excluding carboxylic acids is 1. The second-order valence-corrected chi connectivity index (χ2v) is 9.46. The molecule has 1 aliphatic rings. The molecule has 0 unspecified atom stereocenters. The Morgan fingerprint density at radius 3 is 2.73 bits per heavy atom. The summed E-state index contributed by atoms with van der Waals surface area (Å²) in [4.78, 5) is 36.3. The normalized spacial score (nSPS) is 15.8. The quantitative estimate of drug-likeness (QED) is 0.349. The van der Waals surface area contributed by atoms with Gasteiger partial charge in [-0.25, -0.2) is 9.78 Å². The third-order valence-electron chi connectivity index (χ3n) is 6.67. The molecule has 0 spiro atoms. The average molecular weight is 491 g/mol. The van der Waals surface area contributed by atoms with Crippen LogP contribution in [0.25, 0.3) is 44.7 Å². The number of benzene rings is 1. The highest BCUT2D eigenvalue weighted by molar-refractivity contribution is 5.92. The van der Waals surface area contributed by atoms with Crippen molar-refractivity contribution in [3.63, 3.8) is 0 Å². The Labute approximate surface area is 214 Å². The summed E-state index contributed by atoms with van der Waals surface area (Å²) in [6.07, 6.45) is 7.55. The SMILES string of the molecule is Cc1cccc(-c2[nH]cnc2-c2ccc3ncc(-c4cncc(C(=O)O[C@@H]5CCN(C)C5)c4)cc3c2)n1. The van der Waals surface area contributed by atoms with Crippen LogP contribution >= 0.6 is 0 Å². The van der Waals surface area contributed by atoms with Gasteiger partial charge in [-0.1, -0.05) is 12.1 Å². The number of carbonyl (C=O) groups is 1. The summed E-state index contributed by atoms with van der Waals surface area (Å²) in [5.74, 6) is -0.346. The number of likely N-dealkylation sites (tertiary alicyclic amines) is 1. The van der Waals surface area contributed by atoms with Crippen LogP contribution in [0.4, 0.5) is 0 Å². The summed E-state index contributed by atoms with van der Waals surface area (Å²) in [6, 6.07) is 15.9. The molecule has 0 bridgehead atoms. The van der Waals surface area contributed by atoms with Crippen molar-refractivity contribution >= 4 is 16.9 Å². The highest BCUT2D eigenvalue weighted by Gasteiger charge is 2.24. The van der Waals surface area contributed by atoms with Crippen LogP contribution in [0.5, 0.6) is 0 Å². The van der Waals surface area contributed by atoms with E-state index in [4.69, 9.17) is 4.74 Å². The number of aromatic nitrogens is 5. The van der Waals surface area contributed by atoms with Gasteiger partial charge in [-0.3, -0.25) is 15.0 Å². The number of esters is 1. The van der Waals surface area contributed by atoms with Crippen LogP contribution in [0, 0.1) is 6.92 Å². The zero-order valence-corrected chi connectivity index (χ0v) is 20.7. The number of ether oxygens (including phenoxy) is 1. The van der Waals surface area contributed by atoms with Crippen molar-refractivity contribution < 1.29 is 9.53 Å². The molecule has 1 fully saturated rings. The van der Waals surface area contributed by atoms with Crippen molar-refractivity contribution in [2.24, 2.45) is 0 Å². The van der Waals surface area contributed by atoms with Crippen molar-refractivity contribution in [2.45, 2.75) is 19.4 Å². The topological polar surface area (TPSA) is 96.9 Å². The number of hydrogen-bond donors (Lipinski definition) is 1. The molecule has 0 aliphatic carbocycles. The maximum atomic E-state index is 12.7. The first kappa shape index (κ1) is 23.0. The second kappa shape index (κ2) is 9.55. The average Bonchev–Trinajstić information content (AvgIpc) is 3.57. The minimum atomic E-state index is -0.346. The lowest BCUT2D eigenvalue weighted by atomic mass is 10.0.